The quantitative estimate of drug-likeness (QED) is 0.824. The minimum Gasteiger partial charge on any atom is -0.340 e. The number of piperidine rings is 1. The lowest BCUT2D eigenvalue weighted by atomic mass is 9.89. The Labute approximate surface area is 106 Å². The highest BCUT2D eigenvalue weighted by atomic mass is 16.2. The molecule has 1 fully saturated rings. The predicted octanol–water partition coefficient (Wildman–Crippen LogP) is 2.54. The standard InChI is InChI=1S/C14H28N2O/c1-11-10-12(15)7-9-16(11)13(17)6-5-8-14(2,3)4/h11-12H,5-10,15H2,1-4H3. The van der Waals surface area contributed by atoms with Crippen LogP contribution in [0, 0.1) is 5.41 Å². The predicted molar refractivity (Wildman–Crippen MR) is 71.7 cm³/mol. The van der Waals surface area contributed by atoms with Crippen LogP contribution in [0.5, 0.6) is 0 Å². The Morgan fingerprint density at radius 3 is 2.59 bits per heavy atom. The third kappa shape index (κ3) is 5.07. The van der Waals surface area contributed by atoms with Crippen LogP contribution in [0.15, 0.2) is 0 Å². The molecule has 1 rings (SSSR count). The first-order valence-electron chi connectivity index (χ1n) is 6.84. The highest BCUT2D eigenvalue weighted by molar-refractivity contribution is 5.76. The number of nitrogens with two attached hydrogens (primary N) is 1. The number of likely N-dealkylation sites (tertiary alicyclic amines) is 1. The fraction of sp³-hybridized carbons (Fsp3) is 0.929. The van der Waals surface area contributed by atoms with Gasteiger partial charge in [0.1, 0.15) is 0 Å². The van der Waals surface area contributed by atoms with Crippen molar-refractivity contribution < 1.29 is 4.79 Å². The molecule has 1 saturated heterocycles. The molecule has 1 aliphatic rings. The van der Waals surface area contributed by atoms with Gasteiger partial charge in [-0.15, -0.1) is 0 Å². The number of amides is 1. The number of rotatable bonds is 3. The van der Waals surface area contributed by atoms with Crippen molar-refractivity contribution in [2.75, 3.05) is 6.54 Å². The van der Waals surface area contributed by atoms with Crippen LogP contribution in [-0.2, 0) is 4.79 Å². The molecule has 0 saturated carbocycles. The van der Waals surface area contributed by atoms with Gasteiger partial charge in [0.05, 0.1) is 0 Å². The van der Waals surface area contributed by atoms with Gasteiger partial charge >= 0.3 is 0 Å². The molecule has 100 valence electrons. The van der Waals surface area contributed by atoms with E-state index < -0.39 is 0 Å². The summed E-state index contributed by atoms with van der Waals surface area (Å²) in [5, 5.41) is 0. The van der Waals surface area contributed by atoms with E-state index in [9.17, 15) is 4.79 Å². The lowest BCUT2D eigenvalue weighted by Gasteiger charge is -2.36. The first-order valence-corrected chi connectivity index (χ1v) is 6.84. The van der Waals surface area contributed by atoms with Crippen molar-refractivity contribution >= 4 is 5.91 Å². The third-order valence-electron chi connectivity index (χ3n) is 3.55. The van der Waals surface area contributed by atoms with E-state index in [-0.39, 0.29) is 6.04 Å². The van der Waals surface area contributed by atoms with Crippen molar-refractivity contribution in [3.8, 4) is 0 Å². The molecule has 3 nitrogen and oxygen atoms in total. The minimum absolute atomic E-state index is 0.281. The zero-order valence-electron chi connectivity index (χ0n) is 11.8. The zero-order valence-corrected chi connectivity index (χ0v) is 11.8. The Morgan fingerprint density at radius 1 is 1.41 bits per heavy atom. The number of carbonyl (C=O) groups is 1. The van der Waals surface area contributed by atoms with Crippen molar-refractivity contribution in [2.24, 2.45) is 11.1 Å². The Kier molecular flexibility index (Phi) is 4.99. The first-order chi connectivity index (χ1) is 7.79. The SMILES string of the molecule is CC1CC(N)CCN1C(=O)CCCC(C)(C)C. The average molecular weight is 240 g/mol. The Hall–Kier alpha value is -0.570. The number of hydrogen-bond acceptors (Lipinski definition) is 2. The van der Waals surface area contributed by atoms with Gasteiger partial charge in [0.2, 0.25) is 5.91 Å². The van der Waals surface area contributed by atoms with Crippen LogP contribution >= 0.6 is 0 Å². The number of carbonyl (C=O) groups excluding carboxylic acids is 1. The second-order valence-electron chi connectivity index (χ2n) is 6.63. The number of nitrogens with zero attached hydrogens (tertiary/aromatic N) is 1. The molecule has 2 N–H and O–H groups in total. The fourth-order valence-electron chi connectivity index (χ4n) is 2.49. The highest BCUT2D eigenvalue weighted by Gasteiger charge is 2.26. The monoisotopic (exact) mass is 240 g/mol. The van der Waals surface area contributed by atoms with Gasteiger partial charge in [-0.1, -0.05) is 20.8 Å². The molecule has 2 unspecified atom stereocenters. The van der Waals surface area contributed by atoms with E-state index in [4.69, 9.17) is 5.73 Å². The Balaban J connectivity index is 2.32. The van der Waals surface area contributed by atoms with Crippen LogP contribution in [-0.4, -0.2) is 29.4 Å². The van der Waals surface area contributed by atoms with Crippen molar-refractivity contribution in [1.29, 1.82) is 0 Å². The first kappa shape index (κ1) is 14.5. The van der Waals surface area contributed by atoms with E-state index in [1.807, 2.05) is 4.90 Å². The van der Waals surface area contributed by atoms with Gasteiger partial charge < -0.3 is 10.6 Å². The maximum Gasteiger partial charge on any atom is 0.222 e. The molecule has 3 heteroatoms. The molecule has 17 heavy (non-hydrogen) atoms. The molecule has 1 aliphatic heterocycles. The van der Waals surface area contributed by atoms with E-state index in [0.717, 1.165) is 32.2 Å². The second-order valence-corrected chi connectivity index (χ2v) is 6.63. The van der Waals surface area contributed by atoms with Crippen LogP contribution in [0.2, 0.25) is 0 Å². The van der Waals surface area contributed by atoms with Crippen molar-refractivity contribution in [1.82, 2.24) is 4.90 Å². The average Bonchev–Trinajstić information content (AvgIpc) is 2.15. The summed E-state index contributed by atoms with van der Waals surface area (Å²) in [6, 6.07) is 0.601. The zero-order chi connectivity index (χ0) is 13.1. The van der Waals surface area contributed by atoms with Gasteiger partial charge in [0.15, 0.2) is 0 Å². The fourth-order valence-corrected chi connectivity index (χ4v) is 2.49. The van der Waals surface area contributed by atoms with Crippen molar-refractivity contribution in [2.45, 2.75) is 71.9 Å². The molecule has 0 aromatic rings. The molecule has 1 heterocycles. The van der Waals surface area contributed by atoms with Crippen LogP contribution in [0.3, 0.4) is 0 Å². The van der Waals surface area contributed by atoms with E-state index >= 15 is 0 Å². The molecule has 0 aromatic carbocycles. The Bertz CT molecular complexity index is 257. The lowest BCUT2D eigenvalue weighted by Crippen LogP contribution is -2.48. The largest absolute Gasteiger partial charge is 0.340 e. The molecule has 2 atom stereocenters. The van der Waals surface area contributed by atoms with Gasteiger partial charge in [0, 0.05) is 25.0 Å². The molecular formula is C14H28N2O. The molecular weight excluding hydrogens is 212 g/mol. The van der Waals surface area contributed by atoms with Crippen LogP contribution in [0.1, 0.15) is 59.8 Å². The van der Waals surface area contributed by atoms with E-state index in [2.05, 4.69) is 27.7 Å². The highest BCUT2D eigenvalue weighted by Crippen LogP contribution is 2.23. The van der Waals surface area contributed by atoms with Crippen molar-refractivity contribution in [3.05, 3.63) is 0 Å². The topological polar surface area (TPSA) is 46.3 Å². The van der Waals surface area contributed by atoms with Gasteiger partial charge in [-0.25, -0.2) is 0 Å². The van der Waals surface area contributed by atoms with Crippen LogP contribution in [0.4, 0.5) is 0 Å². The third-order valence-corrected chi connectivity index (χ3v) is 3.55. The number of hydrogen-bond donors (Lipinski definition) is 1. The summed E-state index contributed by atoms with van der Waals surface area (Å²) in [5.41, 5.74) is 6.24. The summed E-state index contributed by atoms with van der Waals surface area (Å²) in [6.45, 7) is 9.62. The summed E-state index contributed by atoms with van der Waals surface area (Å²) < 4.78 is 0. The molecule has 0 radical (unpaired) electrons. The van der Waals surface area contributed by atoms with Gasteiger partial charge in [-0.3, -0.25) is 4.79 Å². The maximum absolute atomic E-state index is 12.1. The minimum atomic E-state index is 0.281. The molecule has 0 aromatic heterocycles. The molecule has 0 bridgehead atoms. The smallest absolute Gasteiger partial charge is 0.222 e. The molecule has 0 aliphatic carbocycles. The van der Waals surface area contributed by atoms with E-state index in [1.165, 1.54) is 0 Å². The molecule has 0 spiro atoms. The second kappa shape index (κ2) is 5.85. The summed E-state index contributed by atoms with van der Waals surface area (Å²) in [6.07, 6.45) is 4.70. The maximum atomic E-state index is 12.1. The summed E-state index contributed by atoms with van der Waals surface area (Å²) in [5.74, 6) is 0.314. The summed E-state index contributed by atoms with van der Waals surface area (Å²) >= 11 is 0. The Morgan fingerprint density at radius 2 is 2.06 bits per heavy atom. The van der Waals surface area contributed by atoms with E-state index in [1.54, 1.807) is 0 Å². The normalized spacial score (nSPS) is 26.1. The van der Waals surface area contributed by atoms with Gasteiger partial charge in [0.25, 0.3) is 0 Å². The summed E-state index contributed by atoms with van der Waals surface area (Å²) in [4.78, 5) is 14.1. The van der Waals surface area contributed by atoms with Crippen LogP contribution < -0.4 is 5.73 Å². The summed E-state index contributed by atoms with van der Waals surface area (Å²) in [7, 11) is 0. The van der Waals surface area contributed by atoms with Crippen molar-refractivity contribution in [3.63, 3.8) is 0 Å². The van der Waals surface area contributed by atoms with Gasteiger partial charge in [-0.2, -0.15) is 0 Å². The van der Waals surface area contributed by atoms with Crippen LogP contribution in [0.25, 0.3) is 0 Å². The van der Waals surface area contributed by atoms with E-state index in [0.29, 0.717) is 23.8 Å². The van der Waals surface area contributed by atoms with Gasteiger partial charge in [-0.05, 0) is 38.0 Å². The lowest BCUT2D eigenvalue weighted by molar-refractivity contribution is -0.134. The molecule has 1 amide bonds.